The van der Waals surface area contributed by atoms with Crippen LogP contribution in [0.2, 0.25) is 0 Å². The molecule has 94 valence electrons. The monoisotopic (exact) mass is 233 g/mol. The van der Waals surface area contributed by atoms with Crippen LogP contribution in [0.25, 0.3) is 0 Å². The molecule has 1 atom stereocenters. The molecule has 1 aromatic carbocycles. The van der Waals surface area contributed by atoms with Gasteiger partial charge in [0.15, 0.2) is 0 Å². The second kappa shape index (κ2) is 4.69. The van der Waals surface area contributed by atoms with Crippen LogP contribution in [0.5, 0.6) is 0 Å². The Bertz CT molecular complexity index is 367. The van der Waals surface area contributed by atoms with Crippen LogP contribution in [0.4, 0.5) is 5.69 Å². The minimum absolute atomic E-state index is 0.373. The lowest BCUT2D eigenvalue weighted by Gasteiger charge is -2.39. The van der Waals surface area contributed by atoms with Gasteiger partial charge in [-0.3, -0.25) is 0 Å². The van der Waals surface area contributed by atoms with Gasteiger partial charge in [-0.15, -0.1) is 0 Å². The fraction of sp³-hybridized carbons (Fsp3) is 0.600. The minimum Gasteiger partial charge on any atom is -0.389 e. The summed E-state index contributed by atoms with van der Waals surface area (Å²) in [6.07, 6.45) is 2.21. The van der Waals surface area contributed by atoms with Gasteiger partial charge >= 0.3 is 0 Å². The molecule has 1 aliphatic rings. The Hall–Kier alpha value is -1.02. The van der Waals surface area contributed by atoms with Crippen molar-refractivity contribution in [2.24, 2.45) is 5.41 Å². The van der Waals surface area contributed by atoms with Gasteiger partial charge in [0.25, 0.3) is 0 Å². The average Bonchev–Trinajstić information content (AvgIpc) is 2.28. The molecule has 1 aromatic rings. The van der Waals surface area contributed by atoms with Crippen molar-refractivity contribution in [3.8, 4) is 0 Å². The Kier molecular flexibility index (Phi) is 3.43. The summed E-state index contributed by atoms with van der Waals surface area (Å²) in [5, 5.41) is 9.49. The molecule has 1 heterocycles. The largest absolute Gasteiger partial charge is 0.389 e. The summed E-state index contributed by atoms with van der Waals surface area (Å²) in [7, 11) is 0. The van der Waals surface area contributed by atoms with Gasteiger partial charge in [0, 0.05) is 18.8 Å². The average molecular weight is 233 g/mol. The van der Waals surface area contributed by atoms with Crippen LogP contribution < -0.4 is 4.90 Å². The van der Waals surface area contributed by atoms with Crippen molar-refractivity contribution in [1.29, 1.82) is 0 Å². The van der Waals surface area contributed by atoms with Gasteiger partial charge in [0.1, 0.15) is 0 Å². The van der Waals surface area contributed by atoms with Crippen LogP contribution in [-0.4, -0.2) is 18.2 Å². The predicted molar refractivity (Wildman–Crippen MR) is 72.3 cm³/mol. The number of rotatable bonds is 2. The smallest absolute Gasteiger partial charge is 0.0761 e. The molecular formula is C15H23NO. The molecule has 1 fully saturated rings. The van der Waals surface area contributed by atoms with Crippen LogP contribution >= 0.6 is 0 Å². The van der Waals surface area contributed by atoms with Crippen LogP contribution in [0.3, 0.4) is 0 Å². The summed E-state index contributed by atoms with van der Waals surface area (Å²) in [5.74, 6) is 0. The summed E-state index contributed by atoms with van der Waals surface area (Å²) < 4.78 is 0. The third kappa shape index (κ3) is 3.01. The van der Waals surface area contributed by atoms with E-state index in [2.05, 4.69) is 30.9 Å². The van der Waals surface area contributed by atoms with Crippen molar-refractivity contribution in [2.75, 3.05) is 18.0 Å². The molecule has 0 spiro atoms. The fourth-order valence-corrected chi connectivity index (χ4v) is 2.61. The molecule has 2 heteroatoms. The SMILES string of the molecule is C[C@@H](O)c1ccc(N2CCCC(C)(C)C2)cc1. The third-order valence-corrected chi connectivity index (χ3v) is 3.64. The molecule has 17 heavy (non-hydrogen) atoms. The van der Waals surface area contributed by atoms with E-state index in [0.29, 0.717) is 5.41 Å². The normalized spacial score (nSPS) is 21.3. The van der Waals surface area contributed by atoms with E-state index in [-0.39, 0.29) is 6.10 Å². The van der Waals surface area contributed by atoms with Gasteiger partial charge in [-0.1, -0.05) is 26.0 Å². The van der Waals surface area contributed by atoms with Crippen molar-refractivity contribution in [2.45, 2.75) is 39.7 Å². The van der Waals surface area contributed by atoms with Crippen molar-refractivity contribution in [1.82, 2.24) is 0 Å². The molecule has 2 nitrogen and oxygen atoms in total. The minimum atomic E-state index is -0.373. The van der Waals surface area contributed by atoms with E-state index >= 15 is 0 Å². The number of hydrogen-bond acceptors (Lipinski definition) is 2. The molecule has 1 aliphatic heterocycles. The van der Waals surface area contributed by atoms with Gasteiger partial charge in [0.05, 0.1) is 6.10 Å². The zero-order chi connectivity index (χ0) is 12.5. The number of hydrogen-bond donors (Lipinski definition) is 1. The van der Waals surface area contributed by atoms with Gasteiger partial charge in [-0.2, -0.15) is 0 Å². The Morgan fingerprint density at radius 2 is 1.88 bits per heavy atom. The van der Waals surface area contributed by atoms with Gasteiger partial charge < -0.3 is 10.0 Å². The van der Waals surface area contributed by atoms with E-state index in [9.17, 15) is 5.11 Å². The first-order valence-electron chi connectivity index (χ1n) is 6.51. The molecule has 0 unspecified atom stereocenters. The standard InChI is InChI=1S/C15H23NO/c1-12(17)13-5-7-14(8-6-13)16-10-4-9-15(2,3)11-16/h5-8,12,17H,4,9-11H2,1-3H3/t12-/m1/s1. The zero-order valence-corrected chi connectivity index (χ0v) is 11.1. The quantitative estimate of drug-likeness (QED) is 0.846. The first kappa shape index (κ1) is 12.4. The molecule has 0 bridgehead atoms. The molecular weight excluding hydrogens is 210 g/mol. The zero-order valence-electron chi connectivity index (χ0n) is 11.1. The van der Waals surface area contributed by atoms with Crippen molar-refractivity contribution in [3.05, 3.63) is 29.8 Å². The maximum Gasteiger partial charge on any atom is 0.0761 e. The van der Waals surface area contributed by atoms with Gasteiger partial charge in [-0.05, 0) is 42.9 Å². The van der Waals surface area contributed by atoms with Crippen LogP contribution in [0.15, 0.2) is 24.3 Å². The maximum atomic E-state index is 9.49. The third-order valence-electron chi connectivity index (χ3n) is 3.64. The molecule has 0 aromatic heterocycles. The van der Waals surface area contributed by atoms with E-state index in [1.165, 1.54) is 18.5 Å². The van der Waals surface area contributed by atoms with Crippen molar-refractivity contribution < 1.29 is 5.11 Å². The molecule has 1 saturated heterocycles. The Morgan fingerprint density at radius 1 is 1.24 bits per heavy atom. The lowest BCUT2D eigenvalue weighted by atomic mass is 9.84. The summed E-state index contributed by atoms with van der Waals surface area (Å²) in [5.41, 5.74) is 2.69. The molecule has 0 saturated carbocycles. The first-order chi connectivity index (χ1) is 7.98. The topological polar surface area (TPSA) is 23.5 Å². The van der Waals surface area contributed by atoms with Gasteiger partial charge in [-0.25, -0.2) is 0 Å². The number of aliphatic hydroxyl groups is 1. The van der Waals surface area contributed by atoms with Crippen LogP contribution in [0.1, 0.15) is 45.3 Å². The highest BCUT2D eigenvalue weighted by molar-refractivity contribution is 5.48. The lowest BCUT2D eigenvalue weighted by molar-refractivity contribution is 0.199. The summed E-state index contributed by atoms with van der Waals surface area (Å²) in [4.78, 5) is 2.45. The van der Waals surface area contributed by atoms with Crippen molar-refractivity contribution >= 4 is 5.69 Å². The van der Waals surface area contributed by atoms with Crippen LogP contribution in [0, 0.1) is 5.41 Å². The lowest BCUT2D eigenvalue weighted by Crippen LogP contribution is -2.40. The number of aliphatic hydroxyl groups excluding tert-OH is 1. The second-order valence-electron chi connectivity index (χ2n) is 5.96. The fourth-order valence-electron chi connectivity index (χ4n) is 2.61. The highest BCUT2D eigenvalue weighted by atomic mass is 16.3. The van der Waals surface area contributed by atoms with E-state index in [1.807, 2.05) is 12.1 Å². The Morgan fingerprint density at radius 3 is 2.41 bits per heavy atom. The van der Waals surface area contributed by atoms with E-state index in [0.717, 1.165) is 18.7 Å². The summed E-state index contributed by atoms with van der Waals surface area (Å²) in [6, 6.07) is 8.32. The van der Waals surface area contributed by atoms with Crippen LogP contribution in [-0.2, 0) is 0 Å². The predicted octanol–water partition coefficient (Wildman–Crippen LogP) is 3.37. The molecule has 0 aliphatic carbocycles. The second-order valence-corrected chi connectivity index (χ2v) is 5.96. The summed E-state index contributed by atoms with van der Waals surface area (Å²) in [6.45, 7) is 8.75. The van der Waals surface area contributed by atoms with E-state index < -0.39 is 0 Å². The van der Waals surface area contributed by atoms with E-state index in [4.69, 9.17) is 0 Å². The maximum absolute atomic E-state index is 9.49. The van der Waals surface area contributed by atoms with Crippen molar-refractivity contribution in [3.63, 3.8) is 0 Å². The molecule has 0 radical (unpaired) electrons. The highest BCUT2D eigenvalue weighted by Gasteiger charge is 2.26. The Balaban J connectivity index is 2.12. The molecule has 0 amide bonds. The first-order valence-corrected chi connectivity index (χ1v) is 6.51. The summed E-state index contributed by atoms with van der Waals surface area (Å²) >= 11 is 0. The van der Waals surface area contributed by atoms with Gasteiger partial charge in [0.2, 0.25) is 0 Å². The number of benzene rings is 1. The molecule has 2 rings (SSSR count). The van der Waals surface area contributed by atoms with E-state index in [1.54, 1.807) is 6.92 Å². The number of nitrogens with zero attached hydrogens (tertiary/aromatic N) is 1. The number of anilines is 1. The highest BCUT2D eigenvalue weighted by Crippen LogP contribution is 2.31. The molecule has 1 N–H and O–H groups in total. The number of piperidine rings is 1. The Labute approximate surface area is 104 Å².